The molecule has 0 aromatic carbocycles. The van der Waals surface area contributed by atoms with E-state index in [-0.39, 0.29) is 0 Å². The Kier molecular flexibility index (Phi) is 3.52. The smallest absolute Gasteiger partial charge is 0.0666 e. The molecule has 0 N–H and O–H groups in total. The molecule has 0 radical (unpaired) electrons. The molecule has 0 bridgehead atoms. The fourth-order valence-electron chi connectivity index (χ4n) is 1.94. The Morgan fingerprint density at radius 2 is 2.15 bits per heavy atom. The van der Waals surface area contributed by atoms with E-state index >= 15 is 0 Å². The predicted octanol–water partition coefficient (Wildman–Crippen LogP) is 2.08. The van der Waals surface area contributed by atoms with E-state index in [0.717, 1.165) is 13.2 Å². The normalized spacial score (nSPS) is 39.9. The van der Waals surface area contributed by atoms with Gasteiger partial charge in [-0.05, 0) is 26.2 Å². The average molecular weight is 202 g/mol. The van der Waals surface area contributed by atoms with Crippen LogP contribution >= 0.6 is 11.8 Å². The molecule has 0 aromatic rings. The standard InChI is InChI=1S/C10H18O2S/c1-8-10(4-6-11-8)13-7-9-3-2-5-12-9/h8-10H,2-7H2,1H3/t8?,9-,10?/m1/s1. The highest BCUT2D eigenvalue weighted by Crippen LogP contribution is 2.28. The second kappa shape index (κ2) is 4.67. The van der Waals surface area contributed by atoms with E-state index in [4.69, 9.17) is 9.47 Å². The van der Waals surface area contributed by atoms with Gasteiger partial charge in [-0.25, -0.2) is 0 Å². The van der Waals surface area contributed by atoms with Crippen LogP contribution in [-0.2, 0) is 9.47 Å². The van der Waals surface area contributed by atoms with Crippen molar-refractivity contribution >= 4 is 11.8 Å². The van der Waals surface area contributed by atoms with Gasteiger partial charge < -0.3 is 9.47 Å². The molecule has 0 amide bonds. The maximum Gasteiger partial charge on any atom is 0.0666 e. The molecule has 2 saturated heterocycles. The fraction of sp³-hybridized carbons (Fsp3) is 1.00. The first-order valence-electron chi connectivity index (χ1n) is 5.21. The van der Waals surface area contributed by atoms with Crippen LogP contribution in [0.2, 0.25) is 0 Å². The second-order valence-corrected chi connectivity index (χ2v) is 5.14. The molecule has 0 aliphatic carbocycles. The van der Waals surface area contributed by atoms with E-state index in [1.54, 1.807) is 0 Å². The number of hydrogen-bond donors (Lipinski definition) is 0. The summed E-state index contributed by atoms with van der Waals surface area (Å²) in [4.78, 5) is 0. The van der Waals surface area contributed by atoms with Crippen molar-refractivity contribution in [3.8, 4) is 0 Å². The SMILES string of the molecule is CC1OCCC1SC[C@H]1CCCO1. The molecule has 0 spiro atoms. The predicted molar refractivity (Wildman–Crippen MR) is 55.3 cm³/mol. The van der Waals surface area contributed by atoms with E-state index < -0.39 is 0 Å². The first-order chi connectivity index (χ1) is 6.36. The number of rotatable bonds is 3. The highest BCUT2D eigenvalue weighted by atomic mass is 32.2. The Bertz CT molecular complexity index is 157. The summed E-state index contributed by atoms with van der Waals surface area (Å²) in [5.74, 6) is 1.17. The third-order valence-corrected chi connectivity index (χ3v) is 4.44. The zero-order valence-corrected chi connectivity index (χ0v) is 9.02. The molecule has 76 valence electrons. The van der Waals surface area contributed by atoms with E-state index in [2.05, 4.69) is 6.92 Å². The highest BCUT2D eigenvalue weighted by Gasteiger charge is 2.26. The lowest BCUT2D eigenvalue weighted by molar-refractivity contribution is 0.125. The summed E-state index contributed by atoms with van der Waals surface area (Å²) in [5, 5.41) is 0.712. The minimum Gasteiger partial charge on any atom is -0.377 e. The number of hydrogen-bond acceptors (Lipinski definition) is 3. The minimum atomic E-state index is 0.450. The zero-order chi connectivity index (χ0) is 9.10. The van der Waals surface area contributed by atoms with Crippen LogP contribution in [0, 0.1) is 0 Å². The number of thioether (sulfide) groups is 1. The summed E-state index contributed by atoms with van der Waals surface area (Å²) in [5.41, 5.74) is 0. The van der Waals surface area contributed by atoms with Gasteiger partial charge in [-0.1, -0.05) is 0 Å². The maximum absolute atomic E-state index is 5.59. The molecule has 2 aliphatic rings. The molecular formula is C10H18O2S. The molecule has 3 heteroatoms. The largest absolute Gasteiger partial charge is 0.377 e. The van der Waals surface area contributed by atoms with Gasteiger partial charge in [0, 0.05) is 24.2 Å². The van der Waals surface area contributed by atoms with Gasteiger partial charge in [0.2, 0.25) is 0 Å². The van der Waals surface area contributed by atoms with Crippen molar-refractivity contribution in [3.05, 3.63) is 0 Å². The summed E-state index contributed by atoms with van der Waals surface area (Å²) < 4.78 is 11.1. The first kappa shape index (κ1) is 9.81. The summed E-state index contributed by atoms with van der Waals surface area (Å²) in [7, 11) is 0. The van der Waals surface area contributed by atoms with Crippen LogP contribution in [-0.4, -0.2) is 36.4 Å². The van der Waals surface area contributed by atoms with Crippen LogP contribution in [0.5, 0.6) is 0 Å². The molecule has 3 atom stereocenters. The van der Waals surface area contributed by atoms with Gasteiger partial charge in [0.15, 0.2) is 0 Å². The number of ether oxygens (including phenoxy) is 2. The van der Waals surface area contributed by atoms with E-state index in [0.29, 0.717) is 17.5 Å². The molecule has 2 unspecified atom stereocenters. The highest BCUT2D eigenvalue weighted by molar-refractivity contribution is 8.00. The van der Waals surface area contributed by atoms with Gasteiger partial charge in [-0.15, -0.1) is 0 Å². The molecule has 2 heterocycles. The molecule has 2 fully saturated rings. The van der Waals surface area contributed by atoms with Crippen molar-refractivity contribution in [2.24, 2.45) is 0 Å². The van der Waals surface area contributed by atoms with Gasteiger partial charge in [-0.3, -0.25) is 0 Å². The van der Waals surface area contributed by atoms with Crippen LogP contribution < -0.4 is 0 Å². The van der Waals surface area contributed by atoms with Crippen LogP contribution in [0.15, 0.2) is 0 Å². The first-order valence-corrected chi connectivity index (χ1v) is 6.26. The lowest BCUT2D eigenvalue weighted by Crippen LogP contribution is -2.17. The monoisotopic (exact) mass is 202 g/mol. The van der Waals surface area contributed by atoms with Crippen molar-refractivity contribution in [3.63, 3.8) is 0 Å². The Balaban J connectivity index is 1.66. The molecule has 2 rings (SSSR count). The molecule has 13 heavy (non-hydrogen) atoms. The summed E-state index contributed by atoms with van der Waals surface area (Å²) in [6.07, 6.45) is 4.71. The Morgan fingerprint density at radius 3 is 2.77 bits per heavy atom. The van der Waals surface area contributed by atoms with Gasteiger partial charge >= 0.3 is 0 Å². The topological polar surface area (TPSA) is 18.5 Å². The van der Waals surface area contributed by atoms with Crippen LogP contribution in [0.25, 0.3) is 0 Å². The molecule has 0 aromatic heterocycles. The van der Waals surface area contributed by atoms with Crippen LogP contribution in [0.3, 0.4) is 0 Å². The lowest BCUT2D eigenvalue weighted by atomic mass is 10.2. The molecule has 2 aliphatic heterocycles. The van der Waals surface area contributed by atoms with Crippen LogP contribution in [0.1, 0.15) is 26.2 Å². The second-order valence-electron chi connectivity index (χ2n) is 3.87. The van der Waals surface area contributed by atoms with E-state index in [9.17, 15) is 0 Å². The van der Waals surface area contributed by atoms with Gasteiger partial charge in [0.05, 0.1) is 12.2 Å². The zero-order valence-electron chi connectivity index (χ0n) is 8.20. The van der Waals surface area contributed by atoms with E-state index in [1.165, 1.54) is 25.0 Å². The van der Waals surface area contributed by atoms with Crippen LogP contribution in [0.4, 0.5) is 0 Å². The minimum absolute atomic E-state index is 0.450. The van der Waals surface area contributed by atoms with Gasteiger partial charge in [-0.2, -0.15) is 11.8 Å². The maximum atomic E-state index is 5.59. The third-order valence-electron chi connectivity index (χ3n) is 2.83. The average Bonchev–Trinajstić information content (AvgIpc) is 2.72. The quantitative estimate of drug-likeness (QED) is 0.698. The molecule has 0 saturated carbocycles. The fourth-order valence-corrected chi connectivity index (χ4v) is 3.27. The van der Waals surface area contributed by atoms with Crippen molar-refractivity contribution in [2.45, 2.75) is 43.6 Å². The lowest BCUT2D eigenvalue weighted by Gasteiger charge is -2.15. The van der Waals surface area contributed by atoms with Gasteiger partial charge in [0.1, 0.15) is 0 Å². The summed E-state index contributed by atoms with van der Waals surface area (Å²) >= 11 is 2.04. The van der Waals surface area contributed by atoms with Gasteiger partial charge in [0.25, 0.3) is 0 Å². The Hall–Kier alpha value is 0.270. The van der Waals surface area contributed by atoms with Crippen molar-refractivity contribution in [1.82, 2.24) is 0 Å². The Labute approximate surface area is 84.4 Å². The molecular weight excluding hydrogens is 184 g/mol. The third kappa shape index (κ3) is 2.61. The Morgan fingerprint density at radius 1 is 1.23 bits per heavy atom. The van der Waals surface area contributed by atoms with Crippen molar-refractivity contribution < 1.29 is 9.47 Å². The summed E-state index contributed by atoms with van der Waals surface area (Å²) in [6.45, 7) is 4.10. The summed E-state index contributed by atoms with van der Waals surface area (Å²) in [6, 6.07) is 0. The molecule has 2 nitrogen and oxygen atoms in total. The van der Waals surface area contributed by atoms with Crippen molar-refractivity contribution in [2.75, 3.05) is 19.0 Å². The van der Waals surface area contributed by atoms with E-state index in [1.807, 2.05) is 11.8 Å². The van der Waals surface area contributed by atoms with Crippen molar-refractivity contribution in [1.29, 1.82) is 0 Å².